The first-order valence-electron chi connectivity index (χ1n) is 6.12. The van der Waals surface area contributed by atoms with Crippen LogP contribution in [0.2, 0.25) is 0 Å². The molecule has 0 aromatic heterocycles. The molecule has 3 aromatic carbocycles. The molecule has 0 bridgehead atoms. The molecule has 0 saturated heterocycles. The molecule has 3 rings (SSSR count). The van der Waals surface area contributed by atoms with E-state index in [2.05, 4.69) is 0 Å². The second-order valence-corrected chi connectivity index (χ2v) is 4.45. The SMILES string of the molecule is FC(F)c1cccc(-c2cccc3ccccc23)c1. The summed E-state index contributed by atoms with van der Waals surface area (Å²) in [4.78, 5) is 0. The van der Waals surface area contributed by atoms with E-state index in [9.17, 15) is 8.78 Å². The average Bonchev–Trinajstić information content (AvgIpc) is 2.47. The maximum atomic E-state index is 12.8. The van der Waals surface area contributed by atoms with Crippen molar-refractivity contribution in [3.05, 3.63) is 72.3 Å². The van der Waals surface area contributed by atoms with Crippen LogP contribution in [0.3, 0.4) is 0 Å². The first-order valence-corrected chi connectivity index (χ1v) is 6.12. The molecule has 94 valence electrons. The fourth-order valence-corrected chi connectivity index (χ4v) is 2.32. The van der Waals surface area contributed by atoms with Gasteiger partial charge in [0.1, 0.15) is 0 Å². The molecule has 0 saturated carbocycles. The standard InChI is InChI=1S/C17H12F2/c18-17(19)14-8-3-7-13(11-14)16-10-4-6-12-5-1-2-9-15(12)16/h1-11,17H. The molecule has 0 heterocycles. The molecule has 0 nitrogen and oxygen atoms in total. The van der Waals surface area contributed by atoms with E-state index in [0.29, 0.717) is 0 Å². The van der Waals surface area contributed by atoms with E-state index in [1.165, 1.54) is 6.07 Å². The van der Waals surface area contributed by atoms with Gasteiger partial charge in [0.15, 0.2) is 0 Å². The van der Waals surface area contributed by atoms with Crippen molar-refractivity contribution >= 4 is 10.8 Å². The molecule has 0 radical (unpaired) electrons. The van der Waals surface area contributed by atoms with Crippen molar-refractivity contribution in [1.29, 1.82) is 0 Å². The number of benzene rings is 3. The molecule has 0 aliphatic carbocycles. The predicted octanol–water partition coefficient (Wildman–Crippen LogP) is 5.44. The van der Waals surface area contributed by atoms with Crippen molar-refractivity contribution < 1.29 is 8.78 Å². The smallest absolute Gasteiger partial charge is 0.205 e. The molecule has 0 atom stereocenters. The Balaban J connectivity index is 2.22. The molecule has 0 N–H and O–H groups in total. The van der Waals surface area contributed by atoms with Crippen molar-refractivity contribution in [3.63, 3.8) is 0 Å². The molecular weight excluding hydrogens is 242 g/mol. The third-order valence-corrected chi connectivity index (χ3v) is 3.24. The van der Waals surface area contributed by atoms with E-state index >= 15 is 0 Å². The Morgan fingerprint density at radius 1 is 0.737 bits per heavy atom. The van der Waals surface area contributed by atoms with E-state index in [-0.39, 0.29) is 5.56 Å². The Hall–Kier alpha value is -2.22. The molecule has 2 heteroatoms. The van der Waals surface area contributed by atoms with Crippen LogP contribution >= 0.6 is 0 Å². The monoisotopic (exact) mass is 254 g/mol. The lowest BCUT2D eigenvalue weighted by molar-refractivity contribution is 0.151. The summed E-state index contributed by atoms with van der Waals surface area (Å²) in [5.41, 5.74) is 1.88. The third-order valence-electron chi connectivity index (χ3n) is 3.24. The molecule has 0 spiro atoms. The van der Waals surface area contributed by atoms with Crippen molar-refractivity contribution in [2.24, 2.45) is 0 Å². The molecule has 0 amide bonds. The van der Waals surface area contributed by atoms with Crippen LogP contribution in [0.1, 0.15) is 12.0 Å². The number of halogens is 2. The summed E-state index contributed by atoms with van der Waals surface area (Å²) in [6.07, 6.45) is -2.44. The highest BCUT2D eigenvalue weighted by Gasteiger charge is 2.09. The topological polar surface area (TPSA) is 0 Å². The quantitative estimate of drug-likeness (QED) is 0.571. The Kier molecular flexibility index (Phi) is 3.00. The highest BCUT2D eigenvalue weighted by molar-refractivity contribution is 5.96. The highest BCUT2D eigenvalue weighted by Crippen LogP contribution is 2.30. The van der Waals surface area contributed by atoms with Crippen molar-refractivity contribution in [2.75, 3.05) is 0 Å². The van der Waals surface area contributed by atoms with Crippen LogP contribution in [0.4, 0.5) is 8.78 Å². The summed E-state index contributed by atoms with van der Waals surface area (Å²) < 4.78 is 25.6. The minimum Gasteiger partial charge on any atom is -0.205 e. The van der Waals surface area contributed by atoms with Crippen LogP contribution in [-0.4, -0.2) is 0 Å². The lowest BCUT2D eigenvalue weighted by Crippen LogP contribution is -1.86. The zero-order valence-electron chi connectivity index (χ0n) is 10.2. The molecule has 0 fully saturated rings. The van der Waals surface area contributed by atoms with Crippen molar-refractivity contribution in [1.82, 2.24) is 0 Å². The Morgan fingerprint density at radius 3 is 2.32 bits per heavy atom. The van der Waals surface area contributed by atoms with E-state index in [1.807, 2.05) is 48.5 Å². The fraction of sp³-hybridized carbons (Fsp3) is 0.0588. The normalized spacial score (nSPS) is 11.1. The fourth-order valence-electron chi connectivity index (χ4n) is 2.32. The van der Waals surface area contributed by atoms with Gasteiger partial charge in [0.25, 0.3) is 6.43 Å². The molecule has 0 unspecified atom stereocenters. The van der Waals surface area contributed by atoms with Gasteiger partial charge in [-0.1, -0.05) is 60.7 Å². The Morgan fingerprint density at radius 2 is 1.47 bits per heavy atom. The number of alkyl halides is 2. The van der Waals surface area contributed by atoms with Gasteiger partial charge in [0.2, 0.25) is 0 Å². The van der Waals surface area contributed by atoms with Gasteiger partial charge < -0.3 is 0 Å². The van der Waals surface area contributed by atoms with Gasteiger partial charge in [-0.15, -0.1) is 0 Å². The van der Waals surface area contributed by atoms with Gasteiger partial charge in [0, 0.05) is 5.56 Å². The largest absolute Gasteiger partial charge is 0.263 e. The van der Waals surface area contributed by atoms with Gasteiger partial charge in [-0.25, -0.2) is 8.78 Å². The summed E-state index contributed by atoms with van der Waals surface area (Å²) in [7, 11) is 0. The van der Waals surface area contributed by atoms with Crippen LogP contribution < -0.4 is 0 Å². The van der Waals surface area contributed by atoms with Crippen LogP contribution in [-0.2, 0) is 0 Å². The van der Waals surface area contributed by atoms with Crippen LogP contribution in [0.15, 0.2) is 66.7 Å². The van der Waals surface area contributed by atoms with E-state index < -0.39 is 6.43 Å². The summed E-state index contributed by atoms with van der Waals surface area (Å²) in [6.45, 7) is 0. The highest BCUT2D eigenvalue weighted by atomic mass is 19.3. The number of fused-ring (bicyclic) bond motifs is 1. The van der Waals surface area contributed by atoms with Crippen molar-refractivity contribution in [3.8, 4) is 11.1 Å². The third kappa shape index (κ3) is 2.22. The number of rotatable bonds is 2. The lowest BCUT2D eigenvalue weighted by Gasteiger charge is -2.08. The molecule has 19 heavy (non-hydrogen) atoms. The van der Waals surface area contributed by atoms with E-state index in [0.717, 1.165) is 21.9 Å². The zero-order valence-corrected chi connectivity index (χ0v) is 10.2. The van der Waals surface area contributed by atoms with Gasteiger partial charge in [-0.2, -0.15) is 0 Å². The molecule has 0 aliphatic heterocycles. The average molecular weight is 254 g/mol. The molecule has 0 aliphatic rings. The van der Waals surface area contributed by atoms with E-state index in [1.54, 1.807) is 12.1 Å². The van der Waals surface area contributed by atoms with Crippen molar-refractivity contribution in [2.45, 2.75) is 6.43 Å². The summed E-state index contributed by atoms with van der Waals surface area (Å²) in [5.74, 6) is 0. The molecular formula is C17H12F2. The number of hydrogen-bond donors (Lipinski definition) is 0. The summed E-state index contributed by atoms with van der Waals surface area (Å²) in [5, 5.41) is 2.19. The minimum absolute atomic E-state index is 0.0606. The Bertz CT molecular complexity index is 712. The summed E-state index contributed by atoms with van der Waals surface area (Å²) in [6, 6.07) is 20.5. The van der Waals surface area contributed by atoms with Crippen LogP contribution in [0, 0.1) is 0 Å². The van der Waals surface area contributed by atoms with E-state index in [4.69, 9.17) is 0 Å². The maximum Gasteiger partial charge on any atom is 0.263 e. The minimum atomic E-state index is -2.44. The van der Waals surface area contributed by atoms with Crippen LogP contribution in [0.25, 0.3) is 21.9 Å². The first-order chi connectivity index (χ1) is 9.25. The maximum absolute atomic E-state index is 12.8. The Labute approximate surface area is 110 Å². The van der Waals surface area contributed by atoms with Crippen LogP contribution in [0.5, 0.6) is 0 Å². The molecule has 3 aromatic rings. The number of hydrogen-bond acceptors (Lipinski definition) is 0. The second-order valence-electron chi connectivity index (χ2n) is 4.45. The second kappa shape index (κ2) is 4.81. The van der Waals surface area contributed by atoms with Gasteiger partial charge in [-0.3, -0.25) is 0 Å². The van der Waals surface area contributed by atoms with Gasteiger partial charge in [-0.05, 0) is 28.0 Å². The summed E-state index contributed by atoms with van der Waals surface area (Å²) >= 11 is 0. The van der Waals surface area contributed by atoms with Gasteiger partial charge >= 0.3 is 0 Å². The van der Waals surface area contributed by atoms with Gasteiger partial charge in [0.05, 0.1) is 0 Å². The first kappa shape index (κ1) is 11.8. The predicted molar refractivity (Wildman–Crippen MR) is 74.3 cm³/mol. The lowest BCUT2D eigenvalue weighted by atomic mass is 9.97. The zero-order chi connectivity index (χ0) is 13.2.